The fourth-order valence-electron chi connectivity index (χ4n) is 6.00. The number of carbonyl (C=O) groups excluding carboxylic acids is 1. The predicted molar refractivity (Wildman–Crippen MR) is 82.1 cm³/mol. The molecule has 3 aliphatic carbocycles. The van der Waals surface area contributed by atoms with Crippen molar-refractivity contribution in [2.45, 2.75) is 37.1 Å². The quantitative estimate of drug-likeness (QED) is 0.721. The number of hydrogen-bond acceptors (Lipinski definition) is 4. The van der Waals surface area contributed by atoms with E-state index in [0.29, 0.717) is 5.92 Å². The molecule has 122 valence electrons. The van der Waals surface area contributed by atoms with Crippen LogP contribution in [0.4, 0.5) is 0 Å². The Morgan fingerprint density at radius 1 is 1.13 bits per heavy atom. The van der Waals surface area contributed by atoms with E-state index in [-0.39, 0.29) is 52.1 Å². The van der Waals surface area contributed by atoms with Gasteiger partial charge in [-0.25, -0.2) is 0 Å². The lowest BCUT2D eigenvalue weighted by molar-refractivity contribution is -0.0836. The molecule has 4 bridgehead atoms. The minimum atomic E-state index is -0.515. The van der Waals surface area contributed by atoms with E-state index in [4.69, 9.17) is 11.6 Å². The van der Waals surface area contributed by atoms with Gasteiger partial charge in [-0.05, 0) is 54.7 Å². The van der Waals surface area contributed by atoms with E-state index in [1.54, 1.807) is 4.90 Å². The number of fused-ring (bicyclic) bond motifs is 3. The number of aliphatic hydroxyl groups excluding tert-OH is 2. The molecule has 1 saturated heterocycles. The molecular formula is C17H18ClNO4. The first-order valence-electron chi connectivity index (χ1n) is 8.16. The Labute approximate surface area is 138 Å². The van der Waals surface area contributed by atoms with Crippen molar-refractivity contribution < 1.29 is 20.1 Å². The summed E-state index contributed by atoms with van der Waals surface area (Å²) < 4.78 is 0. The van der Waals surface area contributed by atoms with Crippen LogP contribution in [-0.4, -0.2) is 50.4 Å². The maximum atomic E-state index is 13.1. The van der Waals surface area contributed by atoms with Crippen LogP contribution in [0.1, 0.15) is 23.2 Å². The van der Waals surface area contributed by atoms with Gasteiger partial charge in [0.1, 0.15) is 5.75 Å². The zero-order valence-corrected chi connectivity index (χ0v) is 13.1. The third kappa shape index (κ3) is 1.58. The Bertz CT molecular complexity index is 710. The smallest absolute Gasteiger partial charge is 0.256 e. The molecule has 1 amide bonds. The number of likely N-dealkylation sites (tertiary alicyclic amines) is 1. The lowest BCUT2D eigenvalue weighted by Gasteiger charge is -2.48. The van der Waals surface area contributed by atoms with Gasteiger partial charge in [-0.1, -0.05) is 11.6 Å². The van der Waals surface area contributed by atoms with E-state index in [9.17, 15) is 20.1 Å². The zero-order chi connectivity index (χ0) is 16.0. The molecule has 5 rings (SSSR count). The molecule has 6 heteroatoms. The number of hydrogen-bond donors (Lipinski definition) is 3. The van der Waals surface area contributed by atoms with Gasteiger partial charge in [-0.15, -0.1) is 0 Å². The standard InChI is InChI=1S/C17H18ClNO4/c18-11-2-1-6(20)3-9(11)17(23)19-12-5-7-8-4-10(13(7)16(12)22)14(19)15(8)21/h1-3,7-8,10,12-16,20-22H,4-5H2/t7-,8-,10+,12+,13+,14+,15-,16-/m1/s1. The van der Waals surface area contributed by atoms with Crippen LogP contribution in [0, 0.1) is 23.7 Å². The average molecular weight is 336 g/mol. The molecule has 23 heavy (non-hydrogen) atoms. The van der Waals surface area contributed by atoms with Crippen molar-refractivity contribution >= 4 is 17.5 Å². The van der Waals surface area contributed by atoms with E-state index in [0.717, 1.165) is 12.8 Å². The number of nitrogens with zero attached hydrogens (tertiary/aromatic N) is 1. The second-order valence-corrected chi connectivity index (χ2v) is 7.86. The summed E-state index contributed by atoms with van der Waals surface area (Å²) in [5, 5.41) is 31.3. The Balaban J connectivity index is 1.60. The number of phenols is 1. The maximum absolute atomic E-state index is 13.1. The molecule has 0 spiro atoms. The third-order valence-corrected chi connectivity index (χ3v) is 7.04. The first-order valence-corrected chi connectivity index (χ1v) is 8.54. The number of halogens is 1. The van der Waals surface area contributed by atoms with Crippen molar-refractivity contribution in [3.63, 3.8) is 0 Å². The Kier molecular flexibility index (Phi) is 2.70. The summed E-state index contributed by atoms with van der Waals surface area (Å²) in [4.78, 5) is 14.8. The van der Waals surface area contributed by atoms with Crippen LogP contribution in [0.5, 0.6) is 5.75 Å². The van der Waals surface area contributed by atoms with Crippen molar-refractivity contribution in [1.29, 1.82) is 0 Å². The molecule has 0 unspecified atom stereocenters. The van der Waals surface area contributed by atoms with E-state index < -0.39 is 12.2 Å². The minimum absolute atomic E-state index is 0.0197. The fraction of sp³-hybridized carbons (Fsp3) is 0.588. The molecule has 3 N–H and O–H groups in total. The largest absolute Gasteiger partial charge is 0.508 e. The fourth-order valence-corrected chi connectivity index (χ4v) is 6.20. The summed E-state index contributed by atoms with van der Waals surface area (Å²) in [6.45, 7) is 0. The van der Waals surface area contributed by atoms with Gasteiger partial charge >= 0.3 is 0 Å². The number of rotatable bonds is 1. The molecule has 1 aromatic rings. The van der Waals surface area contributed by atoms with E-state index in [1.165, 1.54) is 18.2 Å². The highest BCUT2D eigenvalue weighted by atomic mass is 35.5. The van der Waals surface area contributed by atoms with E-state index in [2.05, 4.69) is 0 Å². The predicted octanol–water partition coefficient (Wildman–Crippen LogP) is 1.25. The zero-order valence-electron chi connectivity index (χ0n) is 12.3. The molecule has 4 aliphatic rings. The summed E-state index contributed by atoms with van der Waals surface area (Å²) in [6, 6.07) is 3.81. The molecule has 1 aromatic carbocycles. The topological polar surface area (TPSA) is 81.0 Å². The van der Waals surface area contributed by atoms with Crippen molar-refractivity contribution in [2.75, 3.05) is 0 Å². The van der Waals surface area contributed by atoms with E-state index in [1.807, 2.05) is 0 Å². The normalized spacial score (nSPS) is 46.0. The van der Waals surface area contributed by atoms with Crippen LogP contribution in [0.2, 0.25) is 5.02 Å². The number of piperidine rings is 1. The first kappa shape index (κ1) is 14.1. The molecule has 1 heterocycles. The molecule has 8 atom stereocenters. The summed E-state index contributed by atoms with van der Waals surface area (Å²) in [7, 11) is 0. The number of aliphatic hydroxyl groups is 2. The third-order valence-electron chi connectivity index (χ3n) is 6.71. The van der Waals surface area contributed by atoms with Gasteiger partial charge in [0.25, 0.3) is 5.91 Å². The van der Waals surface area contributed by atoms with Crippen molar-refractivity contribution in [3.05, 3.63) is 28.8 Å². The first-order chi connectivity index (χ1) is 11.0. The van der Waals surface area contributed by atoms with Gasteiger partial charge in [0.2, 0.25) is 0 Å². The number of carbonyl (C=O) groups is 1. The highest BCUT2D eigenvalue weighted by Gasteiger charge is 2.70. The second kappa shape index (κ2) is 4.41. The maximum Gasteiger partial charge on any atom is 0.256 e. The monoisotopic (exact) mass is 335 g/mol. The number of amides is 1. The lowest BCUT2D eigenvalue weighted by atomic mass is 9.75. The second-order valence-electron chi connectivity index (χ2n) is 7.46. The van der Waals surface area contributed by atoms with Crippen LogP contribution >= 0.6 is 11.6 Å². The van der Waals surface area contributed by atoms with Gasteiger partial charge in [0.15, 0.2) is 0 Å². The van der Waals surface area contributed by atoms with Crippen LogP contribution in [0.25, 0.3) is 0 Å². The Morgan fingerprint density at radius 3 is 2.70 bits per heavy atom. The van der Waals surface area contributed by atoms with Gasteiger partial charge in [-0.3, -0.25) is 4.79 Å². The molecule has 0 aromatic heterocycles. The van der Waals surface area contributed by atoms with Crippen LogP contribution < -0.4 is 0 Å². The number of benzene rings is 1. The molecule has 1 aliphatic heterocycles. The van der Waals surface area contributed by atoms with Gasteiger partial charge in [0.05, 0.1) is 34.9 Å². The van der Waals surface area contributed by atoms with Crippen LogP contribution in [-0.2, 0) is 0 Å². The Hall–Kier alpha value is -1.30. The summed E-state index contributed by atoms with van der Waals surface area (Å²) >= 11 is 6.15. The van der Waals surface area contributed by atoms with Crippen molar-refractivity contribution in [2.24, 2.45) is 23.7 Å². The van der Waals surface area contributed by atoms with Crippen LogP contribution in [0.15, 0.2) is 18.2 Å². The van der Waals surface area contributed by atoms with Gasteiger partial charge < -0.3 is 20.2 Å². The Morgan fingerprint density at radius 2 is 1.91 bits per heavy atom. The van der Waals surface area contributed by atoms with E-state index >= 15 is 0 Å². The highest BCUT2D eigenvalue weighted by Crippen LogP contribution is 2.64. The lowest BCUT2D eigenvalue weighted by Crippen LogP contribution is -2.62. The summed E-state index contributed by atoms with van der Waals surface area (Å²) in [5.74, 6) is 0.603. The summed E-state index contributed by atoms with van der Waals surface area (Å²) in [5.41, 5.74) is 0.233. The summed E-state index contributed by atoms with van der Waals surface area (Å²) in [6.07, 6.45) is 0.614. The highest BCUT2D eigenvalue weighted by molar-refractivity contribution is 6.33. The SMILES string of the molecule is O=C(c1cc(O)ccc1Cl)N1[C@@H]2[C@H](O)[C@@H]3C[C@H]2[C@H]2[C@H](O)[C@@H]1C[C@H]32. The van der Waals surface area contributed by atoms with Crippen LogP contribution in [0.3, 0.4) is 0 Å². The minimum Gasteiger partial charge on any atom is -0.508 e. The molecule has 3 saturated carbocycles. The average Bonchev–Trinajstić information content (AvgIpc) is 3.08. The molecule has 0 radical (unpaired) electrons. The number of phenolic OH excluding ortho intramolecular Hbond substituents is 1. The van der Waals surface area contributed by atoms with Crippen molar-refractivity contribution in [3.8, 4) is 5.75 Å². The van der Waals surface area contributed by atoms with Crippen molar-refractivity contribution in [1.82, 2.24) is 4.90 Å². The van der Waals surface area contributed by atoms with Gasteiger partial charge in [-0.2, -0.15) is 0 Å². The molecule has 4 fully saturated rings. The number of aromatic hydroxyl groups is 1. The molecular weight excluding hydrogens is 318 g/mol. The van der Waals surface area contributed by atoms with Gasteiger partial charge in [0, 0.05) is 0 Å². The molecule has 5 nitrogen and oxygen atoms in total.